The van der Waals surface area contributed by atoms with Gasteiger partial charge in [-0.15, -0.1) is 0 Å². The summed E-state index contributed by atoms with van der Waals surface area (Å²) in [6, 6.07) is 5.12. The molecule has 1 aromatic carbocycles. The Morgan fingerprint density at radius 1 is 1.30 bits per heavy atom. The van der Waals surface area contributed by atoms with Crippen LogP contribution < -0.4 is 0 Å². The molecule has 1 unspecified atom stereocenters. The van der Waals surface area contributed by atoms with E-state index in [1.165, 1.54) is 0 Å². The Morgan fingerprint density at radius 2 is 2.05 bits per heavy atom. The van der Waals surface area contributed by atoms with E-state index in [0.29, 0.717) is 29.5 Å². The Balaban J connectivity index is 2.34. The molecule has 1 fully saturated rings. The molecule has 0 aromatic heterocycles. The largest absolute Gasteiger partial charge is 0.392 e. The molecule has 1 aliphatic heterocycles. The number of aliphatic hydroxyl groups is 1. The molecule has 1 N–H and O–H groups in total. The molecule has 0 amide bonds. The second kappa shape index (κ2) is 6.24. The highest BCUT2D eigenvalue weighted by atomic mass is 32.2. The van der Waals surface area contributed by atoms with E-state index in [2.05, 4.69) is 6.92 Å². The van der Waals surface area contributed by atoms with Crippen LogP contribution in [0.5, 0.6) is 0 Å². The molecule has 0 radical (unpaired) electrons. The van der Waals surface area contributed by atoms with Gasteiger partial charge in [0.05, 0.1) is 11.5 Å². The van der Waals surface area contributed by atoms with Gasteiger partial charge in [-0.1, -0.05) is 19.1 Å². The minimum absolute atomic E-state index is 0.139. The van der Waals surface area contributed by atoms with Gasteiger partial charge in [-0.05, 0) is 49.3 Å². The van der Waals surface area contributed by atoms with Crippen LogP contribution in [0.4, 0.5) is 0 Å². The third-order valence-electron chi connectivity index (χ3n) is 4.03. The standard InChI is InChI=1S/C15H23NO3S/c1-12-4-3-8-16(9-7-12)20(18,19)15-10-14(11-17)6-5-13(15)2/h5-6,10,12,17H,3-4,7-9,11H2,1-2H3. The van der Waals surface area contributed by atoms with Crippen molar-refractivity contribution < 1.29 is 13.5 Å². The molecular formula is C15H23NO3S. The van der Waals surface area contributed by atoms with E-state index in [1.54, 1.807) is 29.4 Å². The Labute approximate surface area is 121 Å². The lowest BCUT2D eigenvalue weighted by Crippen LogP contribution is -2.32. The molecule has 1 aromatic rings. The highest BCUT2D eigenvalue weighted by molar-refractivity contribution is 7.89. The Morgan fingerprint density at radius 3 is 2.75 bits per heavy atom. The molecule has 0 spiro atoms. The maximum atomic E-state index is 12.8. The lowest BCUT2D eigenvalue weighted by Gasteiger charge is -2.21. The molecule has 0 aliphatic carbocycles. The number of rotatable bonds is 3. The zero-order valence-corrected chi connectivity index (χ0v) is 13.0. The summed E-state index contributed by atoms with van der Waals surface area (Å²) >= 11 is 0. The summed E-state index contributed by atoms with van der Waals surface area (Å²) in [6.07, 6.45) is 2.92. The number of nitrogens with zero attached hydrogens (tertiary/aromatic N) is 1. The topological polar surface area (TPSA) is 57.6 Å². The fourth-order valence-corrected chi connectivity index (χ4v) is 4.41. The third kappa shape index (κ3) is 3.22. The maximum Gasteiger partial charge on any atom is 0.243 e. The van der Waals surface area contributed by atoms with Crippen LogP contribution in [0, 0.1) is 12.8 Å². The fourth-order valence-electron chi connectivity index (χ4n) is 2.64. The van der Waals surface area contributed by atoms with E-state index in [1.807, 2.05) is 0 Å². The first kappa shape index (κ1) is 15.5. The van der Waals surface area contributed by atoms with Crippen molar-refractivity contribution in [3.8, 4) is 0 Å². The van der Waals surface area contributed by atoms with Crippen molar-refractivity contribution in [2.75, 3.05) is 13.1 Å². The molecule has 1 atom stereocenters. The van der Waals surface area contributed by atoms with Crippen molar-refractivity contribution in [2.24, 2.45) is 5.92 Å². The van der Waals surface area contributed by atoms with Crippen LogP contribution >= 0.6 is 0 Å². The normalized spacial score (nSPS) is 21.6. The molecule has 1 saturated heterocycles. The molecule has 1 aliphatic rings. The predicted molar refractivity (Wildman–Crippen MR) is 78.9 cm³/mol. The number of hydrogen-bond acceptors (Lipinski definition) is 3. The maximum absolute atomic E-state index is 12.8. The molecular weight excluding hydrogens is 274 g/mol. The summed E-state index contributed by atoms with van der Waals surface area (Å²) in [5.41, 5.74) is 1.37. The van der Waals surface area contributed by atoms with E-state index < -0.39 is 10.0 Å². The molecule has 0 saturated carbocycles. The smallest absolute Gasteiger partial charge is 0.243 e. The van der Waals surface area contributed by atoms with Gasteiger partial charge in [0.25, 0.3) is 0 Å². The quantitative estimate of drug-likeness (QED) is 0.931. The van der Waals surface area contributed by atoms with E-state index in [9.17, 15) is 13.5 Å². The Kier molecular flexibility index (Phi) is 4.83. The van der Waals surface area contributed by atoms with Crippen LogP contribution in [-0.2, 0) is 16.6 Å². The fraction of sp³-hybridized carbons (Fsp3) is 0.600. The second-order valence-corrected chi connectivity index (χ2v) is 7.60. The number of hydrogen-bond donors (Lipinski definition) is 1. The van der Waals surface area contributed by atoms with Crippen molar-refractivity contribution in [3.63, 3.8) is 0 Å². The zero-order chi connectivity index (χ0) is 14.8. The number of aryl methyl sites for hydroxylation is 1. The van der Waals surface area contributed by atoms with Gasteiger partial charge in [-0.3, -0.25) is 0 Å². The van der Waals surface area contributed by atoms with Crippen LogP contribution in [0.2, 0.25) is 0 Å². The summed E-state index contributed by atoms with van der Waals surface area (Å²) in [5.74, 6) is 0.583. The van der Waals surface area contributed by atoms with Crippen LogP contribution in [-0.4, -0.2) is 30.9 Å². The van der Waals surface area contributed by atoms with Crippen LogP contribution in [0.25, 0.3) is 0 Å². The van der Waals surface area contributed by atoms with Crippen molar-refractivity contribution in [1.82, 2.24) is 4.31 Å². The van der Waals surface area contributed by atoms with Gasteiger partial charge >= 0.3 is 0 Å². The lowest BCUT2D eigenvalue weighted by atomic mass is 10.0. The molecule has 112 valence electrons. The number of benzene rings is 1. The Hall–Kier alpha value is -0.910. The summed E-state index contributed by atoms with van der Waals surface area (Å²) in [5, 5.41) is 9.20. The Bertz CT molecular complexity index is 568. The average Bonchev–Trinajstić information content (AvgIpc) is 2.64. The van der Waals surface area contributed by atoms with Gasteiger partial charge in [0.1, 0.15) is 0 Å². The van der Waals surface area contributed by atoms with Gasteiger partial charge in [0.2, 0.25) is 10.0 Å². The molecule has 4 nitrogen and oxygen atoms in total. The van der Waals surface area contributed by atoms with Gasteiger partial charge < -0.3 is 5.11 Å². The van der Waals surface area contributed by atoms with Gasteiger partial charge in [0.15, 0.2) is 0 Å². The minimum Gasteiger partial charge on any atom is -0.392 e. The van der Waals surface area contributed by atoms with Crippen molar-refractivity contribution in [1.29, 1.82) is 0 Å². The minimum atomic E-state index is -3.45. The second-order valence-electron chi connectivity index (χ2n) is 5.70. The van der Waals surface area contributed by atoms with E-state index >= 15 is 0 Å². The predicted octanol–water partition coefficient (Wildman–Crippen LogP) is 2.30. The first-order chi connectivity index (χ1) is 9.45. The van der Waals surface area contributed by atoms with Crippen molar-refractivity contribution >= 4 is 10.0 Å². The third-order valence-corrected chi connectivity index (χ3v) is 6.07. The summed E-state index contributed by atoms with van der Waals surface area (Å²) in [4.78, 5) is 0.332. The molecule has 2 rings (SSSR count). The zero-order valence-electron chi connectivity index (χ0n) is 12.2. The van der Waals surface area contributed by atoms with Crippen LogP contribution in [0.1, 0.15) is 37.3 Å². The lowest BCUT2D eigenvalue weighted by molar-refractivity contribution is 0.281. The van der Waals surface area contributed by atoms with Crippen LogP contribution in [0.15, 0.2) is 23.1 Å². The molecule has 5 heteroatoms. The summed E-state index contributed by atoms with van der Waals surface area (Å²) in [6.45, 7) is 5.02. The van der Waals surface area contributed by atoms with E-state index in [0.717, 1.165) is 24.8 Å². The molecule has 1 heterocycles. The highest BCUT2D eigenvalue weighted by Crippen LogP contribution is 2.25. The number of aliphatic hydroxyl groups excluding tert-OH is 1. The summed E-state index contributed by atoms with van der Waals surface area (Å²) < 4.78 is 27.2. The molecule has 0 bridgehead atoms. The average molecular weight is 297 g/mol. The summed E-state index contributed by atoms with van der Waals surface area (Å²) in [7, 11) is -3.45. The van der Waals surface area contributed by atoms with Gasteiger partial charge in [0, 0.05) is 13.1 Å². The van der Waals surface area contributed by atoms with Crippen molar-refractivity contribution in [2.45, 2.75) is 44.6 Å². The highest BCUT2D eigenvalue weighted by Gasteiger charge is 2.27. The van der Waals surface area contributed by atoms with Gasteiger partial charge in [-0.25, -0.2) is 8.42 Å². The first-order valence-corrected chi connectivity index (χ1v) is 8.59. The van der Waals surface area contributed by atoms with E-state index in [-0.39, 0.29) is 6.61 Å². The van der Waals surface area contributed by atoms with Gasteiger partial charge in [-0.2, -0.15) is 4.31 Å². The van der Waals surface area contributed by atoms with E-state index in [4.69, 9.17) is 0 Å². The number of sulfonamides is 1. The monoisotopic (exact) mass is 297 g/mol. The first-order valence-electron chi connectivity index (χ1n) is 7.15. The van der Waals surface area contributed by atoms with Crippen molar-refractivity contribution in [3.05, 3.63) is 29.3 Å². The SMILES string of the molecule is Cc1ccc(CO)cc1S(=O)(=O)N1CCCC(C)CC1. The van der Waals surface area contributed by atoms with Crippen LogP contribution in [0.3, 0.4) is 0 Å². The molecule has 20 heavy (non-hydrogen) atoms.